The van der Waals surface area contributed by atoms with E-state index in [-0.39, 0.29) is 17.4 Å². The van der Waals surface area contributed by atoms with E-state index in [0.29, 0.717) is 13.0 Å². The zero-order valence-electron chi connectivity index (χ0n) is 10.6. The lowest BCUT2D eigenvalue weighted by atomic mass is 9.90. The molecule has 1 saturated heterocycles. The Labute approximate surface area is 98.1 Å². The summed E-state index contributed by atoms with van der Waals surface area (Å²) in [5, 5.41) is 6.19. The van der Waals surface area contributed by atoms with Gasteiger partial charge in [0.25, 0.3) is 0 Å². The highest BCUT2D eigenvalue weighted by atomic mass is 16.5. The molecule has 16 heavy (non-hydrogen) atoms. The van der Waals surface area contributed by atoms with Crippen LogP contribution in [-0.4, -0.2) is 38.3 Å². The molecule has 1 heterocycles. The Hall–Kier alpha value is -0.610. The van der Waals surface area contributed by atoms with Gasteiger partial charge in [-0.2, -0.15) is 0 Å². The van der Waals surface area contributed by atoms with Gasteiger partial charge in [0.15, 0.2) is 0 Å². The van der Waals surface area contributed by atoms with E-state index in [0.717, 1.165) is 26.1 Å². The Morgan fingerprint density at radius 2 is 2.31 bits per heavy atom. The molecule has 4 heteroatoms. The van der Waals surface area contributed by atoms with Gasteiger partial charge in [0.05, 0.1) is 19.1 Å². The third-order valence-electron chi connectivity index (χ3n) is 3.14. The predicted octanol–water partition coefficient (Wildman–Crippen LogP) is 0.917. The number of nitrogens with one attached hydrogen (secondary N) is 2. The number of amides is 1. The first-order valence-electron chi connectivity index (χ1n) is 6.12. The zero-order chi connectivity index (χ0) is 12.0. The number of carbonyl (C=O) groups is 1. The van der Waals surface area contributed by atoms with Crippen molar-refractivity contribution >= 4 is 5.91 Å². The third kappa shape index (κ3) is 4.94. The minimum atomic E-state index is 0.0403. The second-order valence-electron chi connectivity index (χ2n) is 5.20. The second kappa shape index (κ2) is 6.21. The molecular formula is C12H24N2O2. The summed E-state index contributed by atoms with van der Waals surface area (Å²) in [4.78, 5) is 11.7. The standard InChI is InChI=1S/C12H24N2O2/c1-4-12(2,3)9-14-11(15)7-10-8-13-5-6-16-10/h10,13H,4-9H2,1-3H3,(H,14,15). The molecule has 1 atom stereocenters. The first-order chi connectivity index (χ1) is 7.53. The van der Waals surface area contributed by atoms with Gasteiger partial charge in [-0.1, -0.05) is 20.8 Å². The van der Waals surface area contributed by atoms with Crippen molar-refractivity contribution < 1.29 is 9.53 Å². The molecule has 0 spiro atoms. The molecular weight excluding hydrogens is 204 g/mol. The molecule has 94 valence electrons. The molecule has 4 nitrogen and oxygen atoms in total. The minimum Gasteiger partial charge on any atom is -0.375 e. The summed E-state index contributed by atoms with van der Waals surface area (Å²) in [6, 6.07) is 0. The average Bonchev–Trinajstić information content (AvgIpc) is 2.28. The number of morpholine rings is 1. The van der Waals surface area contributed by atoms with Gasteiger partial charge >= 0.3 is 0 Å². The van der Waals surface area contributed by atoms with Crippen LogP contribution in [0.4, 0.5) is 0 Å². The van der Waals surface area contributed by atoms with Crippen LogP contribution >= 0.6 is 0 Å². The third-order valence-corrected chi connectivity index (χ3v) is 3.14. The van der Waals surface area contributed by atoms with Crippen LogP contribution in [0.1, 0.15) is 33.6 Å². The van der Waals surface area contributed by atoms with Gasteiger partial charge in [-0.3, -0.25) is 4.79 Å². The van der Waals surface area contributed by atoms with E-state index >= 15 is 0 Å². The van der Waals surface area contributed by atoms with Crippen LogP contribution < -0.4 is 10.6 Å². The second-order valence-corrected chi connectivity index (χ2v) is 5.20. The normalized spacial score (nSPS) is 21.8. The first-order valence-corrected chi connectivity index (χ1v) is 6.12. The number of hydrogen-bond donors (Lipinski definition) is 2. The fourth-order valence-electron chi connectivity index (χ4n) is 1.49. The van der Waals surface area contributed by atoms with Crippen LogP contribution in [0.3, 0.4) is 0 Å². The molecule has 0 radical (unpaired) electrons. The average molecular weight is 228 g/mol. The Morgan fingerprint density at radius 3 is 2.88 bits per heavy atom. The molecule has 1 aliphatic rings. The SMILES string of the molecule is CCC(C)(C)CNC(=O)CC1CNCCO1. The lowest BCUT2D eigenvalue weighted by Gasteiger charge is -2.25. The van der Waals surface area contributed by atoms with Crippen LogP contribution in [0.5, 0.6) is 0 Å². The Bertz CT molecular complexity index is 223. The largest absolute Gasteiger partial charge is 0.375 e. The molecule has 1 fully saturated rings. The highest BCUT2D eigenvalue weighted by molar-refractivity contribution is 5.76. The summed E-state index contributed by atoms with van der Waals surface area (Å²) in [5.74, 6) is 0.0928. The highest BCUT2D eigenvalue weighted by Crippen LogP contribution is 2.17. The lowest BCUT2D eigenvalue weighted by molar-refractivity contribution is -0.124. The molecule has 0 saturated carbocycles. The van der Waals surface area contributed by atoms with Crippen molar-refractivity contribution in [2.24, 2.45) is 5.41 Å². The zero-order valence-corrected chi connectivity index (χ0v) is 10.6. The maximum atomic E-state index is 11.7. The summed E-state index contributed by atoms with van der Waals surface area (Å²) in [5.41, 5.74) is 0.182. The van der Waals surface area contributed by atoms with Gasteiger partial charge in [0.2, 0.25) is 5.91 Å². The van der Waals surface area contributed by atoms with Crippen molar-refractivity contribution in [2.75, 3.05) is 26.2 Å². The van der Waals surface area contributed by atoms with Crippen LogP contribution in [0, 0.1) is 5.41 Å². The Balaban J connectivity index is 2.19. The van der Waals surface area contributed by atoms with Gasteiger partial charge < -0.3 is 15.4 Å². The number of ether oxygens (including phenoxy) is 1. The molecule has 0 aromatic carbocycles. The Morgan fingerprint density at radius 1 is 1.56 bits per heavy atom. The maximum Gasteiger partial charge on any atom is 0.222 e. The first kappa shape index (κ1) is 13.5. The topological polar surface area (TPSA) is 50.4 Å². The van der Waals surface area contributed by atoms with E-state index in [1.807, 2.05) is 0 Å². The van der Waals surface area contributed by atoms with Crippen LogP contribution in [0.25, 0.3) is 0 Å². The van der Waals surface area contributed by atoms with Gasteiger partial charge in [0, 0.05) is 19.6 Å². The van der Waals surface area contributed by atoms with Crippen LogP contribution in [0.15, 0.2) is 0 Å². The summed E-state index contributed by atoms with van der Waals surface area (Å²) in [7, 11) is 0. The van der Waals surface area contributed by atoms with E-state index in [1.54, 1.807) is 0 Å². The van der Waals surface area contributed by atoms with Crippen molar-refractivity contribution in [3.63, 3.8) is 0 Å². The van der Waals surface area contributed by atoms with Crippen LogP contribution in [-0.2, 0) is 9.53 Å². The molecule has 0 aliphatic carbocycles. The molecule has 0 bridgehead atoms. The van der Waals surface area contributed by atoms with E-state index in [2.05, 4.69) is 31.4 Å². The summed E-state index contributed by atoms with van der Waals surface area (Å²) < 4.78 is 5.48. The van der Waals surface area contributed by atoms with E-state index < -0.39 is 0 Å². The predicted molar refractivity (Wildman–Crippen MR) is 64.3 cm³/mol. The molecule has 0 aromatic rings. The summed E-state index contributed by atoms with van der Waals surface area (Å²) in [6.45, 7) is 9.57. The number of hydrogen-bond acceptors (Lipinski definition) is 3. The van der Waals surface area contributed by atoms with Gasteiger partial charge in [-0.05, 0) is 11.8 Å². The quantitative estimate of drug-likeness (QED) is 0.735. The fourth-order valence-corrected chi connectivity index (χ4v) is 1.49. The summed E-state index contributed by atoms with van der Waals surface area (Å²) in [6.07, 6.45) is 1.57. The number of carbonyl (C=O) groups excluding carboxylic acids is 1. The van der Waals surface area contributed by atoms with Gasteiger partial charge in [-0.15, -0.1) is 0 Å². The molecule has 0 aromatic heterocycles. The minimum absolute atomic E-state index is 0.0403. The van der Waals surface area contributed by atoms with E-state index in [1.165, 1.54) is 0 Å². The van der Waals surface area contributed by atoms with Crippen molar-refractivity contribution in [1.82, 2.24) is 10.6 Å². The summed E-state index contributed by atoms with van der Waals surface area (Å²) >= 11 is 0. The van der Waals surface area contributed by atoms with Crippen molar-refractivity contribution in [1.29, 1.82) is 0 Å². The highest BCUT2D eigenvalue weighted by Gasteiger charge is 2.20. The van der Waals surface area contributed by atoms with E-state index in [4.69, 9.17) is 4.74 Å². The molecule has 1 amide bonds. The maximum absolute atomic E-state index is 11.7. The van der Waals surface area contributed by atoms with Gasteiger partial charge in [0.1, 0.15) is 0 Å². The van der Waals surface area contributed by atoms with Crippen molar-refractivity contribution in [3.8, 4) is 0 Å². The van der Waals surface area contributed by atoms with Crippen molar-refractivity contribution in [3.05, 3.63) is 0 Å². The van der Waals surface area contributed by atoms with Gasteiger partial charge in [-0.25, -0.2) is 0 Å². The molecule has 2 N–H and O–H groups in total. The monoisotopic (exact) mass is 228 g/mol. The molecule has 1 unspecified atom stereocenters. The van der Waals surface area contributed by atoms with Crippen molar-refractivity contribution in [2.45, 2.75) is 39.7 Å². The van der Waals surface area contributed by atoms with E-state index in [9.17, 15) is 4.79 Å². The lowest BCUT2D eigenvalue weighted by Crippen LogP contribution is -2.42. The smallest absolute Gasteiger partial charge is 0.222 e. The molecule has 1 rings (SSSR count). The van der Waals surface area contributed by atoms with Crippen LogP contribution in [0.2, 0.25) is 0 Å². The fraction of sp³-hybridized carbons (Fsp3) is 0.917. The Kier molecular flexibility index (Phi) is 5.22. The molecule has 1 aliphatic heterocycles. The number of rotatable bonds is 5.